The van der Waals surface area contributed by atoms with Gasteiger partial charge in [-0.15, -0.1) is 11.3 Å². The van der Waals surface area contributed by atoms with Crippen molar-refractivity contribution >= 4 is 28.2 Å². The Kier molecular flexibility index (Phi) is 5.77. The molecule has 0 radical (unpaired) electrons. The predicted octanol–water partition coefficient (Wildman–Crippen LogP) is 4.13. The number of nitriles is 1. The number of nitrogens with zero attached hydrogens (tertiary/aromatic N) is 1. The second kappa shape index (κ2) is 8.05. The fourth-order valence-electron chi connectivity index (χ4n) is 4.10. The number of nitrogens with one attached hydrogen (secondary N) is 1. The van der Waals surface area contributed by atoms with Crippen LogP contribution in [0, 0.1) is 29.1 Å². The van der Waals surface area contributed by atoms with Crippen molar-refractivity contribution in [3.8, 4) is 6.07 Å². The topological polar surface area (TPSA) is 90.2 Å². The van der Waals surface area contributed by atoms with E-state index >= 15 is 0 Å². The average Bonchev–Trinajstić information content (AvgIpc) is 2.98. The predicted molar refractivity (Wildman–Crippen MR) is 101 cm³/mol. The molecule has 0 saturated heterocycles. The highest BCUT2D eigenvalue weighted by Gasteiger charge is 2.35. The molecule has 1 heterocycles. The number of hydrogen-bond acceptors (Lipinski definition) is 4. The molecular weight excluding hydrogens is 348 g/mol. The van der Waals surface area contributed by atoms with E-state index in [1.807, 2.05) is 12.2 Å². The minimum Gasteiger partial charge on any atom is -0.481 e. The van der Waals surface area contributed by atoms with E-state index in [0.29, 0.717) is 29.3 Å². The number of anilines is 1. The first-order valence-corrected chi connectivity index (χ1v) is 10.1. The molecule has 2 aliphatic carbocycles. The summed E-state index contributed by atoms with van der Waals surface area (Å²) >= 11 is 1.50. The SMILES string of the molecule is CCCC1CCc2c(sc(NC(=O)C3CC=CCC3C(=O)O)c2C#N)C1. The molecule has 2 N–H and O–H groups in total. The maximum atomic E-state index is 12.7. The monoisotopic (exact) mass is 372 g/mol. The minimum atomic E-state index is -0.942. The Morgan fingerprint density at radius 1 is 1.35 bits per heavy atom. The van der Waals surface area contributed by atoms with Crippen molar-refractivity contribution < 1.29 is 14.7 Å². The number of amides is 1. The highest BCUT2D eigenvalue weighted by Crippen LogP contribution is 2.41. The summed E-state index contributed by atoms with van der Waals surface area (Å²) in [6.07, 6.45) is 9.79. The van der Waals surface area contributed by atoms with Gasteiger partial charge >= 0.3 is 5.97 Å². The Bertz CT molecular complexity index is 775. The zero-order valence-corrected chi connectivity index (χ0v) is 15.8. The lowest BCUT2D eigenvalue weighted by atomic mass is 9.82. The maximum Gasteiger partial charge on any atom is 0.307 e. The number of carboxylic acid groups (broad SMARTS) is 1. The molecule has 2 aliphatic rings. The van der Waals surface area contributed by atoms with Crippen molar-refractivity contribution in [1.82, 2.24) is 0 Å². The zero-order valence-electron chi connectivity index (χ0n) is 15.0. The van der Waals surface area contributed by atoms with Crippen LogP contribution in [0.1, 0.15) is 55.0 Å². The summed E-state index contributed by atoms with van der Waals surface area (Å²) in [5, 5.41) is 22.4. The van der Waals surface area contributed by atoms with E-state index in [1.165, 1.54) is 22.6 Å². The molecule has 0 aromatic carbocycles. The largest absolute Gasteiger partial charge is 0.481 e. The highest BCUT2D eigenvalue weighted by atomic mass is 32.1. The van der Waals surface area contributed by atoms with Gasteiger partial charge in [0.2, 0.25) is 5.91 Å². The number of allylic oxidation sites excluding steroid dienone is 2. The number of fused-ring (bicyclic) bond motifs is 1. The van der Waals surface area contributed by atoms with E-state index in [-0.39, 0.29) is 5.91 Å². The number of carbonyl (C=O) groups is 2. The van der Waals surface area contributed by atoms with Crippen LogP contribution in [0.25, 0.3) is 0 Å². The van der Waals surface area contributed by atoms with Crippen LogP contribution in [0.3, 0.4) is 0 Å². The average molecular weight is 372 g/mol. The lowest BCUT2D eigenvalue weighted by Crippen LogP contribution is -2.34. The molecule has 138 valence electrons. The molecule has 1 aromatic rings. The van der Waals surface area contributed by atoms with Gasteiger partial charge in [-0.05, 0) is 43.6 Å². The molecule has 1 amide bonds. The Labute approximate surface area is 157 Å². The maximum absolute atomic E-state index is 12.7. The number of carboxylic acids is 1. The van der Waals surface area contributed by atoms with Gasteiger partial charge in [-0.2, -0.15) is 5.26 Å². The van der Waals surface area contributed by atoms with Crippen LogP contribution >= 0.6 is 11.3 Å². The van der Waals surface area contributed by atoms with Crippen molar-refractivity contribution in [1.29, 1.82) is 5.26 Å². The molecule has 3 unspecified atom stereocenters. The molecule has 5 nitrogen and oxygen atoms in total. The summed E-state index contributed by atoms with van der Waals surface area (Å²) in [4.78, 5) is 25.4. The van der Waals surface area contributed by atoms with E-state index in [4.69, 9.17) is 0 Å². The summed E-state index contributed by atoms with van der Waals surface area (Å²) in [5.74, 6) is -1.86. The number of carbonyl (C=O) groups excluding carboxylic acids is 1. The molecule has 3 rings (SSSR count). The van der Waals surface area contributed by atoms with Crippen LogP contribution in [0.15, 0.2) is 12.2 Å². The van der Waals surface area contributed by atoms with Crippen LogP contribution in [-0.2, 0) is 22.4 Å². The van der Waals surface area contributed by atoms with Gasteiger partial charge in [-0.25, -0.2) is 0 Å². The molecule has 1 aromatic heterocycles. The molecule has 0 aliphatic heterocycles. The van der Waals surface area contributed by atoms with E-state index in [2.05, 4.69) is 18.3 Å². The third-order valence-electron chi connectivity index (χ3n) is 5.50. The van der Waals surface area contributed by atoms with E-state index in [9.17, 15) is 20.0 Å². The van der Waals surface area contributed by atoms with Gasteiger partial charge in [0, 0.05) is 4.88 Å². The lowest BCUT2D eigenvalue weighted by molar-refractivity contribution is -0.146. The Morgan fingerprint density at radius 3 is 2.73 bits per heavy atom. The van der Waals surface area contributed by atoms with Gasteiger partial charge in [0.15, 0.2) is 0 Å². The van der Waals surface area contributed by atoms with Crippen LogP contribution < -0.4 is 5.32 Å². The van der Waals surface area contributed by atoms with Crippen molar-refractivity contribution in [3.63, 3.8) is 0 Å². The standard InChI is InChI=1S/C20H24N2O3S/c1-2-5-12-8-9-13-16(11-21)19(26-17(13)10-12)22-18(23)14-6-3-4-7-15(14)20(24)25/h3-4,12,14-15H,2,5-10H2,1H3,(H,22,23)(H,24,25). The van der Waals surface area contributed by atoms with Crippen molar-refractivity contribution in [2.45, 2.75) is 51.9 Å². The molecule has 0 spiro atoms. The highest BCUT2D eigenvalue weighted by molar-refractivity contribution is 7.16. The molecule has 6 heteroatoms. The Hall–Kier alpha value is -2.13. The molecular formula is C20H24N2O3S. The van der Waals surface area contributed by atoms with Gasteiger partial charge in [-0.1, -0.05) is 31.9 Å². The van der Waals surface area contributed by atoms with Crippen LogP contribution in [0.2, 0.25) is 0 Å². The second-order valence-electron chi connectivity index (χ2n) is 7.20. The summed E-state index contributed by atoms with van der Waals surface area (Å²) < 4.78 is 0. The first-order chi connectivity index (χ1) is 12.5. The number of rotatable bonds is 5. The van der Waals surface area contributed by atoms with Gasteiger partial charge in [0.25, 0.3) is 0 Å². The smallest absolute Gasteiger partial charge is 0.307 e. The summed E-state index contributed by atoms with van der Waals surface area (Å²) in [6.45, 7) is 2.19. The molecule has 0 fully saturated rings. The number of hydrogen-bond donors (Lipinski definition) is 2. The molecule has 0 saturated carbocycles. The van der Waals surface area contributed by atoms with Crippen molar-refractivity contribution in [2.75, 3.05) is 5.32 Å². The van der Waals surface area contributed by atoms with E-state index in [1.54, 1.807) is 0 Å². The molecule has 0 bridgehead atoms. The van der Waals surface area contributed by atoms with Gasteiger partial charge < -0.3 is 10.4 Å². The van der Waals surface area contributed by atoms with Crippen molar-refractivity contribution in [2.24, 2.45) is 17.8 Å². The van der Waals surface area contributed by atoms with E-state index in [0.717, 1.165) is 31.2 Å². The first kappa shape index (κ1) is 18.7. The Morgan fingerprint density at radius 2 is 2.08 bits per heavy atom. The molecule has 26 heavy (non-hydrogen) atoms. The third-order valence-corrected chi connectivity index (χ3v) is 6.67. The van der Waals surface area contributed by atoms with Crippen LogP contribution in [-0.4, -0.2) is 17.0 Å². The second-order valence-corrected chi connectivity index (χ2v) is 8.31. The molecule has 3 atom stereocenters. The summed E-state index contributed by atoms with van der Waals surface area (Å²) in [6, 6.07) is 2.26. The normalized spacial score (nSPS) is 24.5. The fraction of sp³-hybridized carbons (Fsp3) is 0.550. The van der Waals surface area contributed by atoms with Gasteiger partial charge in [0.1, 0.15) is 11.1 Å². The van der Waals surface area contributed by atoms with Crippen LogP contribution in [0.4, 0.5) is 5.00 Å². The summed E-state index contributed by atoms with van der Waals surface area (Å²) in [5.41, 5.74) is 1.66. The van der Waals surface area contributed by atoms with Crippen molar-refractivity contribution in [3.05, 3.63) is 28.2 Å². The van der Waals surface area contributed by atoms with E-state index < -0.39 is 17.8 Å². The van der Waals surface area contributed by atoms with Gasteiger partial charge in [0.05, 0.1) is 17.4 Å². The quantitative estimate of drug-likeness (QED) is 0.760. The minimum absolute atomic E-state index is 0.290. The fourth-order valence-corrected chi connectivity index (χ4v) is 5.41. The zero-order chi connectivity index (χ0) is 18.7. The van der Waals surface area contributed by atoms with Crippen LogP contribution in [0.5, 0.6) is 0 Å². The van der Waals surface area contributed by atoms with Gasteiger partial charge in [-0.3, -0.25) is 9.59 Å². The number of thiophene rings is 1. The number of aliphatic carboxylic acids is 1. The third kappa shape index (κ3) is 3.68. The Balaban J connectivity index is 1.80. The lowest BCUT2D eigenvalue weighted by Gasteiger charge is -2.23. The summed E-state index contributed by atoms with van der Waals surface area (Å²) in [7, 11) is 0. The first-order valence-electron chi connectivity index (χ1n) is 9.28.